The van der Waals surface area contributed by atoms with E-state index in [0.29, 0.717) is 19.5 Å². The van der Waals surface area contributed by atoms with Crippen molar-refractivity contribution in [1.82, 2.24) is 4.31 Å². The molecule has 2 heterocycles. The molecular weight excluding hydrogens is 348 g/mol. The Morgan fingerprint density at radius 1 is 0.923 bits per heavy atom. The molecule has 2 aromatic carbocycles. The van der Waals surface area contributed by atoms with Crippen molar-refractivity contribution in [2.45, 2.75) is 36.6 Å². The van der Waals surface area contributed by atoms with Crippen LogP contribution in [0.3, 0.4) is 0 Å². The monoisotopic (exact) mass is 370 g/mol. The third-order valence-electron chi connectivity index (χ3n) is 5.24. The first-order chi connectivity index (χ1) is 12.6. The van der Waals surface area contributed by atoms with Gasteiger partial charge in [0.2, 0.25) is 15.9 Å². The lowest BCUT2D eigenvalue weighted by atomic mass is 10.0. The predicted octanol–water partition coefficient (Wildman–Crippen LogP) is 2.82. The van der Waals surface area contributed by atoms with E-state index in [1.165, 1.54) is 4.31 Å². The molecule has 1 atom stereocenters. The summed E-state index contributed by atoms with van der Waals surface area (Å²) < 4.78 is 27.6. The van der Waals surface area contributed by atoms with Crippen LogP contribution in [0.4, 0.5) is 5.69 Å². The largest absolute Gasteiger partial charge is 0.310 e. The van der Waals surface area contributed by atoms with Gasteiger partial charge in [-0.2, -0.15) is 4.31 Å². The summed E-state index contributed by atoms with van der Waals surface area (Å²) >= 11 is 0. The van der Waals surface area contributed by atoms with Crippen LogP contribution in [0.15, 0.2) is 59.5 Å². The molecule has 1 fully saturated rings. The SMILES string of the molecule is O=C([C@@H]1CCCCN1S(=O)(=O)c1ccccc1)N1CCc2ccccc21. The Kier molecular flexibility index (Phi) is 4.54. The first-order valence-electron chi connectivity index (χ1n) is 9.05. The maximum atomic E-state index is 13.3. The molecule has 0 unspecified atom stereocenters. The van der Waals surface area contributed by atoms with Gasteiger partial charge in [0, 0.05) is 18.8 Å². The van der Waals surface area contributed by atoms with Gasteiger partial charge in [0.25, 0.3) is 0 Å². The average Bonchev–Trinajstić information content (AvgIpc) is 3.12. The van der Waals surface area contributed by atoms with Gasteiger partial charge in [-0.3, -0.25) is 4.79 Å². The number of hydrogen-bond donors (Lipinski definition) is 0. The lowest BCUT2D eigenvalue weighted by Gasteiger charge is -2.36. The van der Waals surface area contributed by atoms with E-state index in [9.17, 15) is 13.2 Å². The standard InChI is InChI=1S/C20H22N2O3S/c23-20(21-15-13-16-8-4-5-11-18(16)21)19-12-6-7-14-22(19)26(24,25)17-9-2-1-3-10-17/h1-5,8-11,19H,6-7,12-15H2/t19-/m0/s1. The summed E-state index contributed by atoms with van der Waals surface area (Å²) in [5.74, 6) is -0.103. The van der Waals surface area contributed by atoms with Gasteiger partial charge < -0.3 is 4.90 Å². The maximum absolute atomic E-state index is 13.3. The molecule has 5 nitrogen and oxygen atoms in total. The van der Waals surface area contributed by atoms with Crippen LogP contribution >= 0.6 is 0 Å². The number of carbonyl (C=O) groups excluding carboxylic acids is 1. The number of piperidine rings is 1. The molecule has 6 heteroatoms. The van der Waals surface area contributed by atoms with Crippen LogP contribution in [0.25, 0.3) is 0 Å². The number of para-hydroxylation sites is 1. The van der Waals surface area contributed by atoms with Crippen LogP contribution in [0.2, 0.25) is 0 Å². The van der Waals surface area contributed by atoms with Crippen molar-refractivity contribution in [3.8, 4) is 0 Å². The van der Waals surface area contributed by atoms with Gasteiger partial charge in [-0.1, -0.05) is 42.8 Å². The van der Waals surface area contributed by atoms with E-state index in [2.05, 4.69) is 0 Å². The average molecular weight is 370 g/mol. The lowest BCUT2D eigenvalue weighted by molar-refractivity contribution is -0.123. The fourth-order valence-electron chi connectivity index (χ4n) is 3.91. The van der Waals surface area contributed by atoms with Crippen molar-refractivity contribution in [2.75, 3.05) is 18.0 Å². The van der Waals surface area contributed by atoms with Crippen LogP contribution in [0.1, 0.15) is 24.8 Å². The molecule has 0 radical (unpaired) electrons. The maximum Gasteiger partial charge on any atom is 0.245 e. The van der Waals surface area contributed by atoms with Crippen molar-refractivity contribution in [2.24, 2.45) is 0 Å². The van der Waals surface area contributed by atoms with Crippen LogP contribution in [-0.4, -0.2) is 37.8 Å². The molecule has 2 aromatic rings. The number of nitrogens with zero attached hydrogens (tertiary/aromatic N) is 2. The zero-order chi connectivity index (χ0) is 18.1. The quantitative estimate of drug-likeness (QED) is 0.835. The molecule has 0 N–H and O–H groups in total. The minimum absolute atomic E-state index is 0.103. The van der Waals surface area contributed by atoms with Crippen LogP contribution < -0.4 is 4.90 Å². The molecule has 2 aliphatic rings. The Bertz CT molecular complexity index is 912. The topological polar surface area (TPSA) is 57.7 Å². The summed E-state index contributed by atoms with van der Waals surface area (Å²) in [6.07, 6.45) is 3.04. The Balaban J connectivity index is 1.65. The van der Waals surface area contributed by atoms with Crippen molar-refractivity contribution < 1.29 is 13.2 Å². The van der Waals surface area contributed by atoms with Gasteiger partial charge in [-0.15, -0.1) is 0 Å². The zero-order valence-electron chi connectivity index (χ0n) is 14.5. The highest BCUT2D eigenvalue weighted by Crippen LogP contribution is 2.32. The molecule has 2 aliphatic heterocycles. The van der Waals surface area contributed by atoms with E-state index in [1.54, 1.807) is 35.2 Å². The molecule has 26 heavy (non-hydrogen) atoms. The molecule has 0 aliphatic carbocycles. The van der Waals surface area contributed by atoms with Gasteiger partial charge in [0.1, 0.15) is 6.04 Å². The summed E-state index contributed by atoms with van der Waals surface area (Å²) in [5.41, 5.74) is 2.06. The Hall–Kier alpha value is -2.18. The smallest absolute Gasteiger partial charge is 0.245 e. The molecular formula is C20H22N2O3S. The number of carbonyl (C=O) groups is 1. The van der Waals surface area contributed by atoms with E-state index >= 15 is 0 Å². The fraction of sp³-hybridized carbons (Fsp3) is 0.350. The third-order valence-corrected chi connectivity index (χ3v) is 7.16. The van der Waals surface area contributed by atoms with Crippen LogP contribution in [-0.2, 0) is 21.2 Å². The van der Waals surface area contributed by atoms with E-state index in [0.717, 1.165) is 30.5 Å². The number of amides is 1. The van der Waals surface area contributed by atoms with E-state index < -0.39 is 16.1 Å². The Labute approximate surface area is 154 Å². The second-order valence-corrected chi connectivity index (χ2v) is 8.70. The minimum Gasteiger partial charge on any atom is -0.310 e. The van der Waals surface area contributed by atoms with Gasteiger partial charge in [0.15, 0.2) is 0 Å². The third kappa shape index (κ3) is 2.93. The highest BCUT2D eigenvalue weighted by Gasteiger charge is 2.40. The number of hydrogen-bond acceptors (Lipinski definition) is 3. The van der Waals surface area contributed by atoms with Crippen LogP contribution in [0, 0.1) is 0 Å². The van der Waals surface area contributed by atoms with Crippen molar-refractivity contribution in [1.29, 1.82) is 0 Å². The molecule has 0 aromatic heterocycles. The molecule has 4 rings (SSSR count). The van der Waals surface area contributed by atoms with Crippen molar-refractivity contribution >= 4 is 21.6 Å². The van der Waals surface area contributed by atoms with Gasteiger partial charge in [0.05, 0.1) is 4.90 Å². The number of rotatable bonds is 3. The highest BCUT2D eigenvalue weighted by atomic mass is 32.2. The summed E-state index contributed by atoms with van der Waals surface area (Å²) in [6, 6.07) is 15.6. The Morgan fingerprint density at radius 3 is 2.46 bits per heavy atom. The summed E-state index contributed by atoms with van der Waals surface area (Å²) in [7, 11) is -3.68. The fourth-order valence-corrected chi connectivity index (χ4v) is 5.59. The molecule has 0 saturated carbocycles. The Morgan fingerprint density at radius 2 is 1.65 bits per heavy atom. The number of benzene rings is 2. The lowest BCUT2D eigenvalue weighted by Crippen LogP contribution is -2.52. The van der Waals surface area contributed by atoms with E-state index in [4.69, 9.17) is 0 Å². The number of sulfonamides is 1. The molecule has 0 spiro atoms. The first-order valence-corrected chi connectivity index (χ1v) is 10.5. The van der Waals surface area contributed by atoms with Gasteiger partial charge >= 0.3 is 0 Å². The summed E-state index contributed by atoms with van der Waals surface area (Å²) in [4.78, 5) is 15.3. The second-order valence-electron chi connectivity index (χ2n) is 6.81. The van der Waals surface area contributed by atoms with Crippen molar-refractivity contribution in [3.05, 3.63) is 60.2 Å². The van der Waals surface area contributed by atoms with E-state index in [-0.39, 0.29) is 10.8 Å². The molecule has 136 valence electrons. The summed E-state index contributed by atoms with van der Waals surface area (Å²) in [5, 5.41) is 0. The zero-order valence-corrected chi connectivity index (χ0v) is 15.4. The van der Waals surface area contributed by atoms with Gasteiger partial charge in [-0.05, 0) is 43.0 Å². The second kappa shape index (κ2) is 6.85. The number of anilines is 1. The van der Waals surface area contributed by atoms with Crippen LogP contribution in [0.5, 0.6) is 0 Å². The molecule has 1 saturated heterocycles. The predicted molar refractivity (Wildman–Crippen MR) is 100 cm³/mol. The van der Waals surface area contributed by atoms with Gasteiger partial charge in [-0.25, -0.2) is 8.42 Å². The van der Waals surface area contributed by atoms with Crippen molar-refractivity contribution in [3.63, 3.8) is 0 Å². The summed E-state index contributed by atoms with van der Waals surface area (Å²) in [6.45, 7) is 1.01. The normalized spacial score (nSPS) is 20.8. The highest BCUT2D eigenvalue weighted by molar-refractivity contribution is 7.89. The molecule has 1 amide bonds. The molecule has 0 bridgehead atoms. The van der Waals surface area contributed by atoms with E-state index in [1.807, 2.05) is 24.3 Å². The minimum atomic E-state index is -3.68. The number of fused-ring (bicyclic) bond motifs is 1. The first kappa shape index (κ1) is 17.2.